The Bertz CT molecular complexity index is 795. The number of hydroxylamine groups is 1. The smallest absolute Gasteiger partial charge is 0.278 e. The predicted octanol–water partition coefficient (Wildman–Crippen LogP) is 2.09. The molecule has 0 saturated carbocycles. The number of nitrogens with zero attached hydrogens (tertiary/aromatic N) is 2. The second kappa shape index (κ2) is 8.53. The first-order valence-corrected chi connectivity index (χ1v) is 7.79. The highest BCUT2D eigenvalue weighted by Gasteiger charge is 2.15. The summed E-state index contributed by atoms with van der Waals surface area (Å²) in [5.74, 6) is -1.15. The van der Waals surface area contributed by atoms with Crippen molar-refractivity contribution < 1.29 is 19.1 Å². The zero-order valence-corrected chi connectivity index (χ0v) is 14.4. The van der Waals surface area contributed by atoms with Crippen molar-refractivity contribution >= 4 is 40.0 Å². The van der Waals surface area contributed by atoms with Gasteiger partial charge in [0.15, 0.2) is 0 Å². The molecule has 0 aliphatic carbocycles. The first kappa shape index (κ1) is 18.1. The van der Waals surface area contributed by atoms with Gasteiger partial charge in [0.2, 0.25) is 0 Å². The molecular weight excluding hydrogens is 430 g/mol. The fourth-order valence-corrected chi connectivity index (χ4v) is 2.19. The Labute approximate surface area is 150 Å². The summed E-state index contributed by atoms with van der Waals surface area (Å²) >= 11 is 1.97. The molecule has 0 aliphatic rings. The lowest BCUT2D eigenvalue weighted by atomic mass is 10.2. The molecule has 0 atom stereocenters. The Hall–Kier alpha value is -2.29. The fraction of sp³-hybridized carbons (Fsp3) is 0.133. The maximum absolute atomic E-state index is 14.0. The summed E-state index contributed by atoms with van der Waals surface area (Å²) in [4.78, 5) is 20.8. The van der Waals surface area contributed by atoms with Gasteiger partial charge in [-0.05, 0) is 52.9 Å². The maximum atomic E-state index is 14.0. The van der Waals surface area contributed by atoms with E-state index in [1.54, 1.807) is 6.07 Å². The number of pyridine rings is 1. The largest absolute Gasteiger partial charge is 0.394 e. The van der Waals surface area contributed by atoms with Gasteiger partial charge in [0.1, 0.15) is 23.4 Å². The number of benzene rings is 1. The number of halogens is 2. The summed E-state index contributed by atoms with van der Waals surface area (Å²) in [6, 6.07) is 9.09. The van der Waals surface area contributed by atoms with Crippen LogP contribution in [0.3, 0.4) is 0 Å². The van der Waals surface area contributed by atoms with Crippen molar-refractivity contribution in [1.82, 2.24) is 10.5 Å². The first-order chi connectivity index (χ1) is 11.5. The second-order valence-corrected chi connectivity index (χ2v) is 5.70. The molecule has 3 N–H and O–H groups in total. The van der Waals surface area contributed by atoms with Crippen LogP contribution in [0.1, 0.15) is 16.1 Å². The van der Waals surface area contributed by atoms with Crippen molar-refractivity contribution in [1.29, 1.82) is 5.26 Å². The lowest BCUT2D eigenvalue weighted by molar-refractivity contribution is 0.0169. The standard InChI is InChI=1S/C15H12FIN4O3/c16-12-7-9(17)1-4-13(12)20-14-11(3-2-10(8-18)19-14)15(23)21-24-6-5-22/h1-4,7,22H,5-6H2,(H,19,20)(H,21,23). The molecule has 124 valence electrons. The van der Waals surface area contributed by atoms with Gasteiger partial charge in [0, 0.05) is 3.57 Å². The Morgan fingerprint density at radius 2 is 2.21 bits per heavy atom. The third-order valence-corrected chi connectivity index (χ3v) is 3.47. The van der Waals surface area contributed by atoms with Gasteiger partial charge in [-0.1, -0.05) is 0 Å². The van der Waals surface area contributed by atoms with E-state index < -0.39 is 11.7 Å². The number of rotatable bonds is 6. The predicted molar refractivity (Wildman–Crippen MR) is 91.9 cm³/mol. The molecule has 0 unspecified atom stereocenters. The molecule has 0 saturated heterocycles. The van der Waals surface area contributed by atoms with Gasteiger partial charge < -0.3 is 10.4 Å². The number of hydrogen-bond donors (Lipinski definition) is 3. The average molecular weight is 442 g/mol. The SMILES string of the molecule is N#Cc1ccc(C(=O)NOCCO)c(Nc2ccc(I)cc2F)n1. The summed E-state index contributed by atoms with van der Waals surface area (Å²) in [6.45, 7) is -0.338. The molecule has 1 aromatic heterocycles. The molecule has 0 spiro atoms. The third kappa shape index (κ3) is 4.60. The normalized spacial score (nSPS) is 10.1. The van der Waals surface area contributed by atoms with Crippen molar-refractivity contribution in [3.05, 3.63) is 51.0 Å². The van der Waals surface area contributed by atoms with Crippen LogP contribution >= 0.6 is 22.6 Å². The Morgan fingerprint density at radius 3 is 2.88 bits per heavy atom. The van der Waals surface area contributed by atoms with E-state index in [1.807, 2.05) is 28.7 Å². The van der Waals surface area contributed by atoms with E-state index in [9.17, 15) is 9.18 Å². The number of aliphatic hydroxyl groups excluding tert-OH is 1. The number of carbonyl (C=O) groups excluding carboxylic acids is 1. The minimum Gasteiger partial charge on any atom is -0.394 e. The minimum absolute atomic E-state index is 0.0132. The number of aromatic nitrogens is 1. The first-order valence-electron chi connectivity index (χ1n) is 6.71. The number of nitriles is 1. The van der Waals surface area contributed by atoms with Gasteiger partial charge in [0.25, 0.3) is 5.91 Å². The lowest BCUT2D eigenvalue weighted by Gasteiger charge is -2.12. The summed E-state index contributed by atoms with van der Waals surface area (Å²) in [6.07, 6.45) is 0. The van der Waals surface area contributed by atoms with E-state index >= 15 is 0 Å². The van der Waals surface area contributed by atoms with Crippen LogP contribution in [0.4, 0.5) is 15.9 Å². The molecule has 2 rings (SSSR count). The van der Waals surface area contributed by atoms with Crippen LogP contribution < -0.4 is 10.8 Å². The third-order valence-electron chi connectivity index (χ3n) is 2.80. The highest BCUT2D eigenvalue weighted by Crippen LogP contribution is 2.23. The van der Waals surface area contributed by atoms with Crippen LogP contribution in [0.5, 0.6) is 0 Å². The van der Waals surface area contributed by atoms with Crippen LogP contribution in [0.15, 0.2) is 30.3 Å². The minimum atomic E-state index is -0.645. The molecule has 9 heteroatoms. The van der Waals surface area contributed by atoms with E-state index in [0.717, 1.165) is 0 Å². The highest BCUT2D eigenvalue weighted by atomic mass is 127. The van der Waals surface area contributed by atoms with Gasteiger partial charge >= 0.3 is 0 Å². The topological polar surface area (TPSA) is 107 Å². The van der Waals surface area contributed by atoms with E-state index in [1.165, 1.54) is 24.3 Å². The number of anilines is 2. The zero-order chi connectivity index (χ0) is 17.5. The van der Waals surface area contributed by atoms with E-state index in [-0.39, 0.29) is 36.0 Å². The molecule has 0 aliphatic heterocycles. The van der Waals surface area contributed by atoms with E-state index in [2.05, 4.69) is 15.8 Å². The van der Waals surface area contributed by atoms with Gasteiger partial charge in [0.05, 0.1) is 24.5 Å². The van der Waals surface area contributed by atoms with Crippen molar-refractivity contribution in [3.63, 3.8) is 0 Å². The summed E-state index contributed by atoms with van der Waals surface area (Å²) in [5, 5.41) is 20.3. The molecule has 0 fully saturated rings. The molecule has 1 amide bonds. The Balaban J connectivity index is 2.32. The number of aliphatic hydroxyl groups is 1. The number of amides is 1. The molecule has 0 radical (unpaired) electrons. The van der Waals surface area contributed by atoms with Crippen LogP contribution in [0.25, 0.3) is 0 Å². The van der Waals surface area contributed by atoms with Crippen LogP contribution in [-0.2, 0) is 4.84 Å². The van der Waals surface area contributed by atoms with Crippen molar-refractivity contribution in [2.24, 2.45) is 0 Å². The molecule has 1 heterocycles. The highest BCUT2D eigenvalue weighted by molar-refractivity contribution is 14.1. The maximum Gasteiger partial charge on any atom is 0.278 e. The van der Waals surface area contributed by atoms with Crippen molar-refractivity contribution in [2.45, 2.75) is 0 Å². The molecule has 0 bridgehead atoms. The summed E-state index contributed by atoms with van der Waals surface area (Å²) in [7, 11) is 0. The van der Waals surface area contributed by atoms with Crippen LogP contribution in [0, 0.1) is 20.7 Å². The second-order valence-electron chi connectivity index (χ2n) is 4.46. The van der Waals surface area contributed by atoms with Gasteiger partial charge in [-0.15, -0.1) is 0 Å². The molecule has 1 aromatic carbocycles. The number of hydrogen-bond acceptors (Lipinski definition) is 6. The Kier molecular flexibility index (Phi) is 6.42. The number of nitrogens with one attached hydrogen (secondary N) is 2. The fourth-order valence-electron chi connectivity index (χ4n) is 1.74. The monoisotopic (exact) mass is 442 g/mol. The van der Waals surface area contributed by atoms with Crippen molar-refractivity contribution in [3.8, 4) is 6.07 Å². The number of carbonyl (C=O) groups is 1. The van der Waals surface area contributed by atoms with Gasteiger partial charge in [-0.25, -0.2) is 14.9 Å². The lowest BCUT2D eigenvalue weighted by Crippen LogP contribution is -2.26. The zero-order valence-electron chi connectivity index (χ0n) is 12.2. The van der Waals surface area contributed by atoms with Crippen LogP contribution in [0.2, 0.25) is 0 Å². The molecule has 2 aromatic rings. The molecular formula is C15H12FIN4O3. The van der Waals surface area contributed by atoms with Gasteiger partial charge in [-0.2, -0.15) is 5.26 Å². The van der Waals surface area contributed by atoms with Crippen LogP contribution in [-0.4, -0.2) is 29.2 Å². The quantitative estimate of drug-likeness (QED) is 0.360. The summed E-state index contributed by atoms with van der Waals surface area (Å²) < 4.78 is 14.7. The molecule has 7 nitrogen and oxygen atoms in total. The van der Waals surface area contributed by atoms with Gasteiger partial charge in [-0.3, -0.25) is 9.63 Å². The average Bonchev–Trinajstić information content (AvgIpc) is 2.57. The Morgan fingerprint density at radius 1 is 1.42 bits per heavy atom. The summed E-state index contributed by atoms with van der Waals surface area (Å²) in [5.41, 5.74) is 2.37. The van der Waals surface area contributed by atoms with E-state index in [0.29, 0.717) is 3.57 Å². The van der Waals surface area contributed by atoms with E-state index in [4.69, 9.17) is 15.2 Å². The van der Waals surface area contributed by atoms with Crippen molar-refractivity contribution in [2.75, 3.05) is 18.5 Å². The molecule has 24 heavy (non-hydrogen) atoms.